The second-order valence-electron chi connectivity index (χ2n) is 4.48. The molecular formula is C14H20N4. The van der Waals surface area contributed by atoms with Crippen molar-refractivity contribution in [2.24, 2.45) is 0 Å². The van der Waals surface area contributed by atoms with E-state index in [9.17, 15) is 0 Å². The molecule has 0 fully saturated rings. The van der Waals surface area contributed by atoms with Crippen LogP contribution in [0.1, 0.15) is 38.2 Å². The van der Waals surface area contributed by atoms with Crippen LogP contribution in [-0.4, -0.2) is 19.7 Å². The zero-order valence-corrected chi connectivity index (χ0v) is 11.3. The number of rotatable bonds is 5. The summed E-state index contributed by atoms with van der Waals surface area (Å²) >= 11 is 0. The number of hydrogen-bond acceptors (Lipinski definition) is 3. The van der Waals surface area contributed by atoms with Crippen molar-refractivity contribution in [3.05, 3.63) is 29.8 Å². The Hall–Kier alpha value is -1.71. The fourth-order valence-corrected chi connectivity index (χ4v) is 2.09. The molecular weight excluding hydrogens is 224 g/mol. The summed E-state index contributed by atoms with van der Waals surface area (Å²) in [5.74, 6) is 0.834. The molecule has 18 heavy (non-hydrogen) atoms. The minimum Gasteiger partial charge on any atom is -0.263 e. The molecule has 0 aliphatic rings. The number of hydrogen-bond donors (Lipinski definition) is 0. The molecule has 0 spiro atoms. The molecule has 4 heteroatoms. The van der Waals surface area contributed by atoms with Gasteiger partial charge in [0.15, 0.2) is 0 Å². The van der Waals surface area contributed by atoms with Gasteiger partial charge in [0.1, 0.15) is 5.82 Å². The molecule has 0 radical (unpaired) electrons. The SMILES string of the molecule is CCCc1cc(-c2ccnn2CCC)nc(C)n1. The van der Waals surface area contributed by atoms with Crippen molar-refractivity contribution < 1.29 is 0 Å². The van der Waals surface area contributed by atoms with Crippen molar-refractivity contribution in [3.63, 3.8) is 0 Å². The lowest BCUT2D eigenvalue weighted by Crippen LogP contribution is -2.04. The molecule has 2 heterocycles. The topological polar surface area (TPSA) is 43.6 Å². The molecule has 0 atom stereocenters. The summed E-state index contributed by atoms with van der Waals surface area (Å²) in [7, 11) is 0. The Labute approximate surface area is 108 Å². The van der Waals surface area contributed by atoms with Gasteiger partial charge in [0.25, 0.3) is 0 Å². The van der Waals surface area contributed by atoms with Crippen LogP contribution in [0.5, 0.6) is 0 Å². The van der Waals surface area contributed by atoms with Crippen molar-refractivity contribution in [3.8, 4) is 11.4 Å². The zero-order chi connectivity index (χ0) is 13.0. The molecule has 0 aliphatic carbocycles. The van der Waals surface area contributed by atoms with E-state index in [1.807, 2.05) is 23.9 Å². The van der Waals surface area contributed by atoms with Crippen molar-refractivity contribution >= 4 is 0 Å². The average Bonchev–Trinajstić information content (AvgIpc) is 2.77. The predicted octanol–water partition coefficient (Wildman–Crippen LogP) is 3.01. The van der Waals surface area contributed by atoms with E-state index >= 15 is 0 Å². The van der Waals surface area contributed by atoms with Gasteiger partial charge >= 0.3 is 0 Å². The Bertz CT molecular complexity index is 516. The first-order valence-corrected chi connectivity index (χ1v) is 6.61. The first-order valence-electron chi connectivity index (χ1n) is 6.61. The highest BCUT2D eigenvalue weighted by Crippen LogP contribution is 2.18. The van der Waals surface area contributed by atoms with Crippen LogP contribution in [-0.2, 0) is 13.0 Å². The molecule has 0 saturated carbocycles. The normalized spacial score (nSPS) is 10.8. The van der Waals surface area contributed by atoms with Gasteiger partial charge in [0, 0.05) is 18.4 Å². The first kappa shape index (κ1) is 12.7. The Balaban J connectivity index is 2.39. The number of aromatic nitrogens is 4. The van der Waals surface area contributed by atoms with Gasteiger partial charge in [-0.15, -0.1) is 0 Å². The molecule has 0 amide bonds. The largest absolute Gasteiger partial charge is 0.263 e. The van der Waals surface area contributed by atoms with Crippen molar-refractivity contribution in [2.75, 3.05) is 0 Å². The van der Waals surface area contributed by atoms with E-state index in [2.05, 4.69) is 35.0 Å². The summed E-state index contributed by atoms with van der Waals surface area (Å²) in [6, 6.07) is 4.10. The first-order chi connectivity index (χ1) is 8.74. The maximum Gasteiger partial charge on any atom is 0.126 e. The van der Waals surface area contributed by atoms with E-state index in [0.29, 0.717) is 0 Å². The smallest absolute Gasteiger partial charge is 0.126 e. The van der Waals surface area contributed by atoms with Crippen LogP contribution in [0.3, 0.4) is 0 Å². The summed E-state index contributed by atoms with van der Waals surface area (Å²) in [6.07, 6.45) is 5.00. The molecule has 2 aromatic heterocycles. The highest BCUT2D eigenvalue weighted by molar-refractivity contribution is 5.54. The fraction of sp³-hybridized carbons (Fsp3) is 0.500. The van der Waals surface area contributed by atoms with E-state index in [1.165, 1.54) is 0 Å². The molecule has 0 N–H and O–H groups in total. The van der Waals surface area contributed by atoms with Gasteiger partial charge in [-0.25, -0.2) is 9.97 Å². The number of aryl methyl sites for hydroxylation is 3. The molecule has 0 aromatic carbocycles. The standard InChI is InChI=1S/C14H20N4/c1-4-6-12-10-13(17-11(3)16-12)14-7-8-15-18(14)9-5-2/h7-8,10H,4-6,9H2,1-3H3. The van der Waals surface area contributed by atoms with Crippen LogP contribution in [0.25, 0.3) is 11.4 Å². The highest BCUT2D eigenvalue weighted by atomic mass is 15.3. The average molecular weight is 244 g/mol. The van der Waals surface area contributed by atoms with Crippen LogP contribution in [0.15, 0.2) is 18.3 Å². The molecule has 0 unspecified atom stereocenters. The van der Waals surface area contributed by atoms with Crippen molar-refractivity contribution in [1.82, 2.24) is 19.7 Å². The van der Waals surface area contributed by atoms with Crippen LogP contribution < -0.4 is 0 Å². The monoisotopic (exact) mass is 244 g/mol. The van der Waals surface area contributed by atoms with Gasteiger partial charge < -0.3 is 0 Å². The summed E-state index contributed by atoms with van der Waals surface area (Å²) in [5, 5.41) is 4.34. The van der Waals surface area contributed by atoms with E-state index in [0.717, 1.165) is 48.7 Å². The molecule has 0 aliphatic heterocycles. The van der Waals surface area contributed by atoms with Crippen LogP contribution in [0, 0.1) is 6.92 Å². The van der Waals surface area contributed by atoms with E-state index in [-0.39, 0.29) is 0 Å². The third-order valence-electron chi connectivity index (χ3n) is 2.81. The third-order valence-corrected chi connectivity index (χ3v) is 2.81. The van der Waals surface area contributed by atoms with Gasteiger partial charge in [-0.2, -0.15) is 5.10 Å². The summed E-state index contributed by atoms with van der Waals surface area (Å²) in [5.41, 5.74) is 3.18. The number of nitrogens with zero attached hydrogens (tertiary/aromatic N) is 4. The summed E-state index contributed by atoms with van der Waals surface area (Å²) in [6.45, 7) is 7.19. The third kappa shape index (κ3) is 2.75. The molecule has 2 aromatic rings. The lowest BCUT2D eigenvalue weighted by molar-refractivity contribution is 0.607. The van der Waals surface area contributed by atoms with Gasteiger partial charge in [-0.1, -0.05) is 20.3 Å². The highest BCUT2D eigenvalue weighted by Gasteiger charge is 2.08. The van der Waals surface area contributed by atoms with E-state index in [1.54, 1.807) is 0 Å². The quantitative estimate of drug-likeness (QED) is 0.812. The molecule has 0 saturated heterocycles. The Morgan fingerprint density at radius 3 is 2.72 bits per heavy atom. The van der Waals surface area contributed by atoms with Gasteiger partial charge in [0.2, 0.25) is 0 Å². The maximum atomic E-state index is 4.53. The van der Waals surface area contributed by atoms with Crippen LogP contribution in [0.2, 0.25) is 0 Å². The van der Waals surface area contributed by atoms with Crippen LogP contribution >= 0.6 is 0 Å². The minimum atomic E-state index is 0.834. The second kappa shape index (κ2) is 5.76. The predicted molar refractivity (Wildman–Crippen MR) is 72.3 cm³/mol. The Morgan fingerprint density at radius 1 is 1.17 bits per heavy atom. The van der Waals surface area contributed by atoms with E-state index < -0.39 is 0 Å². The van der Waals surface area contributed by atoms with Gasteiger partial charge in [-0.3, -0.25) is 4.68 Å². The maximum absolute atomic E-state index is 4.53. The minimum absolute atomic E-state index is 0.834. The molecule has 0 bridgehead atoms. The van der Waals surface area contributed by atoms with Crippen molar-refractivity contribution in [1.29, 1.82) is 0 Å². The Kier molecular flexibility index (Phi) is 4.07. The summed E-state index contributed by atoms with van der Waals surface area (Å²) in [4.78, 5) is 9.00. The lowest BCUT2D eigenvalue weighted by Gasteiger charge is -2.08. The van der Waals surface area contributed by atoms with Gasteiger partial charge in [0.05, 0.1) is 11.4 Å². The molecule has 4 nitrogen and oxygen atoms in total. The zero-order valence-electron chi connectivity index (χ0n) is 11.3. The Morgan fingerprint density at radius 2 is 2.00 bits per heavy atom. The summed E-state index contributed by atoms with van der Waals surface area (Å²) < 4.78 is 2.01. The van der Waals surface area contributed by atoms with Crippen LogP contribution in [0.4, 0.5) is 0 Å². The second-order valence-corrected chi connectivity index (χ2v) is 4.48. The fourth-order valence-electron chi connectivity index (χ4n) is 2.09. The van der Waals surface area contributed by atoms with Crippen molar-refractivity contribution in [2.45, 2.75) is 46.6 Å². The van der Waals surface area contributed by atoms with E-state index in [4.69, 9.17) is 0 Å². The molecule has 2 rings (SSSR count). The van der Waals surface area contributed by atoms with Gasteiger partial charge in [-0.05, 0) is 31.9 Å². The lowest BCUT2D eigenvalue weighted by atomic mass is 10.2. The molecule has 96 valence electrons.